The lowest BCUT2D eigenvalue weighted by Crippen LogP contribution is -2.15. The largest absolute Gasteiger partial charge is 0.460 e. The molecule has 0 unspecified atom stereocenters. The van der Waals surface area contributed by atoms with Gasteiger partial charge in [0.25, 0.3) is 0 Å². The topological polar surface area (TPSA) is 74.7 Å². The number of esters is 1. The smallest absolute Gasteiger partial charge is 0.376 e. The Hall–Kier alpha value is -1.49. The average Bonchev–Trinajstić information content (AvgIpc) is 2.72. The summed E-state index contributed by atoms with van der Waals surface area (Å²) in [4.78, 5) is 11.5. The number of furan rings is 1. The summed E-state index contributed by atoms with van der Waals surface area (Å²) in [5.74, 6) is -0.0627. The second kappa shape index (κ2) is 5.23. The van der Waals surface area contributed by atoms with Crippen molar-refractivity contribution in [3.05, 3.63) is 17.6 Å². The average molecular weight is 239 g/mol. The van der Waals surface area contributed by atoms with Crippen molar-refractivity contribution in [1.29, 1.82) is 0 Å². The molecule has 0 saturated carbocycles. The third-order valence-electron chi connectivity index (χ3n) is 2.98. The number of carbonyl (C=O) groups excluding carboxylic acids is 1. The van der Waals surface area contributed by atoms with Crippen LogP contribution in [-0.2, 0) is 9.47 Å². The van der Waals surface area contributed by atoms with Gasteiger partial charge in [-0.1, -0.05) is 0 Å². The first kappa shape index (κ1) is 12.0. The second-order valence-electron chi connectivity index (χ2n) is 4.04. The van der Waals surface area contributed by atoms with Crippen LogP contribution in [0.1, 0.15) is 41.8 Å². The van der Waals surface area contributed by atoms with Crippen LogP contribution in [0.4, 0.5) is 5.69 Å². The van der Waals surface area contributed by atoms with Crippen molar-refractivity contribution in [1.82, 2.24) is 0 Å². The molecule has 0 aliphatic carbocycles. The van der Waals surface area contributed by atoms with Gasteiger partial charge in [0.1, 0.15) is 0 Å². The second-order valence-corrected chi connectivity index (χ2v) is 4.04. The van der Waals surface area contributed by atoms with Crippen molar-refractivity contribution in [2.24, 2.45) is 0 Å². The van der Waals surface area contributed by atoms with E-state index in [1.54, 1.807) is 13.2 Å². The number of nitrogen functional groups attached to an aromatic ring is 1. The summed E-state index contributed by atoms with van der Waals surface area (Å²) in [5, 5.41) is 0. The predicted molar refractivity (Wildman–Crippen MR) is 61.9 cm³/mol. The fourth-order valence-corrected chi connectivity index (χ4v) is 2.06. The quantitative estimate of drug-likeness (QED) is 0.816. The van der Waals surface area contributed by atoms with Crippen molar-refractivity contribution in [2.75, 3.05) is 25.6 Å². The molecule has 1 aromatic heterocycles. The Morgan fingerprint density at radius 3 is 2.88 bits per heavy atom. The summed E-state index contributed by atoms with van der Waals surface area (Å²) in [5.41, 5.74) is 7.24. The molecule has 2 rings (SSSR count). The molecule has 1 aliphatic rings. The summed E-state index contributed by atoms with van der Waals surface area (Å²) in [7, 11) is 0. The molecule has 1 saturated heterocycles. The Morgan fingerprint density at radius 1 is 1.53 bits per heavy atom. The van der Waals surface area contributed by atoms with E-state index in [1.165, 1.54) is 0 Å². The molecule has 94 valence electrons. The summed E-state index contributed by atoms with van der Waals surface area (Å²) in [6.07, 6.45) is 3.38. The number of hydrogen-bond acceptors (Lipinski definition) is 5. The van der Waals surface area contributed by atoms with Crippen molar-refractivity contribution < 1.29 is 18.7 Å². The number of ether oxygens (including phenoxy) is 2. The predicted octanol–water partition coefficient (Wildman–Crippen LogP) is 1.93. The zero-order chi connectivity index (χ0) is 12.3. The maximum atomic E-state index is 11.5. The van der Waals surface area contributed by atoms with E-state index < -0.39 is 5.97 Å². The number of nitrogens with two attached hydrogens (primary N) is 1. The summed E-state index contributed by atoms with van der Waals surface area (Å²) >= 11 is 0. The maximum absolute atomic E-state index is 11.5. The van der Waals surface area contributed by atoms with E-state index in [2.05, 4.69) is 0 Å². The van der Waals surface area contributed by atoms with Gasteiger partial charge < -0.3 is 19.6 Å². The molecule has 0 atom stereocenters. The van der Waals surface area contributed by atoms with Crippen molar-refractivity contribution >= 4 is 11.7 Å². The minimum absolute atomic E-state index is 0.119. The number of carbonyl (C=O) groups is 1. The first-order valence-electron chi connectivity index (χ1n) is 5.85. The lowest BCUT2D eigenvalue weighted by atomic mass is 9.92. The van der Waals surface area contributed by atoms with Gasteiger partial charge in [0, 0.05) is 18.8 Å². The SMILES string of the molecule is CCOC(=O)c1occ(C2CCOCC2)c1N. The molecular formula is C12H17NO4. The first-order valence-corrected chi connectivity index (χ1v) is 5.85. The normalized spacial score (nSPS) is 17.0. The molecule has 0 bridgehead atoms. The number of rotatable bonds is 3. The highest BCUT2D eigenvalue weighted by molar-refractivity contribution is 5.92. The van der Waals surface area contributed by atoms with E-state index in [0.29, 0.717) is 18.2 Å². The van der Waals surface area contributed by atoms with Crippen molar-refractivity contribution in [3.8, 4) is 0 Å². The van der Waals surface area contributed by atoms with Gasteiger partial charge in [-0.25, -0.2) is 4.79 Å². The Morgan fingerprint density at radius 2 is 2.24 bits per heavy atom. The van der Waals surface area contributed by atoms with E-state index in [1.807, 2.05) is 0 Å². The van der Waals surface area contributed by atoms with Gasteiger partial charge in [0.2, 0.25) is 5.76 Å². The zero-order valence-electron chi connectivity index (χ0n) is 9.90. The fourth-order valence-electron chi connectivity index (χ4n) is 2.06. The van der Waals surface area contributed by atoms with Crippen LogP contribution in [0.3, 0.4) is 0 Å². The highest BCUT2D eigenvalue weighted by atomic mass is 16.5. The Bertz CT molecular complexity index is 393. The first-order chi connectivity index (χ1) is 8.24. The number of anilines is 1. The van der Waals surface area contributed by atoms with E-state index in [9.17, 15) is 4.79 Å². The van der Waals surface area contributed by atoms with Crippen molar-refractivity contribution in [2.45, 2.75) is 25.7 Å². The van der Waals surface area contributed by atoms with Gasteiger partial charge >= 0.3 is 5.97 Å². The van der Waals surface area contributed by atoms with Gasteiger partial charge in [-0.3, -0.25) is 0 Å². The van der Waals surface area contributed by atoms with Crippen LogP contribution in [0.25, 0.3) is 0 Å². The summed E-state index contributed by atoms with van der Waals surface area (Å²) in [6, 6.07) is 0. The highest BCUT2D eigenvalue weighted by Crippen LogP contribution is 2.34. The van der Waals surface area contributed by atoms with Gasteiger partial charge in [-0.2, -0.15) is 0 Å². The molecule has 1 aromatic rings. The van der Waals surface area contributed by atoms with E-state index in [0.717, 1.165) is 31.6 Å². The third kappa shape index (κ3) is 2.44. The van der Waals surface area contributed by atoms with Crippen LogP contribution in [-0.4, -0.2) is 25.8 Å². The molecule has 17 heavy (non-hydrogen) atoms. The Labute approximate surface area is 99.9 Å². The molecule has 1 fully saturated rings. The van der Waals surface area contributed by atoms with Crippen LogP contribution in [0.15, 0.2) is 10.7 Å². The maximum Gasteiger partial charge on any atom is 0.376 e. The molecule has 5 nitrogen and oxygen atoms in total. The van der Waals surface area contributed by atoms with Gasteiger partial charge in [0.15, 0.2) is 0 Å². The van der Waals surface area contributed by atoms with Gasteiger partial charge in [-0.05, 0) is 25.7 Å². The van der Waals surface area contributed by atoms with E-state index in [-0.39, 0.29) is 5.76 Å². The Balaban J connectivity index is 2.16. The minimum atomic E-state index is -0.497. The molecule has 0 aromatic carbocycles. The molecule has 1 aliphatic heterocycles. The van der Waals surface area contributed by atoms with E-state index >= 15 is 0 Å². The monoisotopic (exact) mass is 239 g/mol. The molecule has 0 amide bonds. The van der Waals surface area contributed by atoms with Crippen LogP contribution in [0.5, 0.6) is 0 Å². The molecule has 2 heterocycles. The van der Waals surface area contributed by atoms with E-state index in [4.69, 9.17) is 19.6 Å². The Kier molecular flexibility index (Phi) is 3.68. The third-order valence-corrected chi connectivity index (χ3v) is 2.98. The standard InChI is InChI=1S/C12H17NO4/c1-2-16-12(14)11-10(13)9(7-17-11)8-3-5-15-6-4-8/h7-8H,2-6,13H2,1H3. The van der Waals surface area contributed by atoms with Crippen LogP contribution in [0.2, 0.25) is 0 Å². The molecule has 0 radical (unpaired) electrons. The fraction of sp³-hybridized carbons (Fsp3) is 0.583. The lowest BCUT2D eigenvalue weighted by Gasteiger charge is -2.21. The van der Waals surface area contributed by atoms with Crippen LogP contribution < -0.4 is 5.73 Å². The minimum Gasteiger partial charge on any atom is -0.460 e. The molecular weight excluding hydrogens is 222 g/mol. The molecule has 0 spiro atoms. The molecule has 5 heteroatoms. The van der Waals surface area contributed by atoms with Crippen LogP contribution in [0, 0.1) is 0 Å². The number of hydrogen-bond donors (Lipinski definition) is 1. The summed E-state index contributed by atoms with van der Waals surface area (Å²) in [6.45, 7) is 3.51. The lowest BCUT2D eigenvalue weighted by molar-refractivity contribution is 0.0491. The van der Waals surface area contributed by atoms with Crippen molar-refractivity contribution in [3.63, 3.8) is 0 Å². The highest BCUT2D eigenvalue weighted by Gasteiger charge is 2.25. The van der Waals surface area contributed by atoms with Gasteiger partial charge in [-0.15, -0.1) is 0 Å². The van der Waals surface area contributed by atoms with Gasteiger partial charge in [0.05, 0.1) is 18.6 Å². The molecule has 2 N–H and O–H groups in total. The zero-order valence-corrected chi connectivity index (χ0v) is 9.90. The van der Waals surface area contributed by atoms with Crippen LogP contribution >= 0.6 is 0 Å². The summed E-state index contributed by atoms with van der Waals surface area (Å²) < 4.78 is 15.4.